The van der Waals surface area contributed by atoms with Gasteiger partial charge in [-0.1, -0.05) is 114 Å². The average Bonchev–Trinajstić information content (AvgIpc) is 3.35. The van der Waals surface area contributed by atoms with E-state index >= 15 is 52.7 Å². The van der Waals surface area contributed by atoms with Crippen molar-refractivity contribution < 1.29 is 75.2 Å². The van der Waals surface area contributed by atoms with Crippen molar-refractivity contribution in [3.63, 3.8) is 0 Å². The number of benzene rings is 7. The molecule has 0 saturated carbocycles. The van der Waals surface area contributed by atoms with Crippen LogP contribution in [-0.2, 0) is 23.1 Å². The summed E-state index contributed by atoms with van der Waals surface area (Å²) in [5.41, 5.74) is -7.27. The fraction of sp³-hybridized carbons (Fsp3) is 0.0800. The van der Waals surface area contributed by atoms with Crippen LogP contribution in [0.4, 0.5) is 65.9 Å². The summed E-state index contributed by atoms with van der Waals surface area (Å²) in [6.45, 7) is 4.31. The van der Waals surface area contributed by atoms with Gasteiger partial charge >= 0.3 is 0 Å². The van der Waals surface area contributed by atoms with Gasteiger partial charge in [0.25, 0.3) is 6.35 Å². The molecule has 2 nitrogen and oxygen atoms in total. The van der Waals surface area contributed by atoms with Crippen molar-refractivity contribution in [1.29, 1.82) is 0 Å². The molecule has 0 amide bonds. The van der Waals surface area contributed by atoms with Crippen molar-refractivity contribution >= 4 is 35.8 Å². The first kappa shape index (κ1) is 50.0. The maximum atomic E-state index is 16.6. The molecule has 0 aliphatic carbocycles. The van der Waals surface area contributed by atoms with Crippen molar-refractivity contribution in [1.82, 2.24) is 0 Å². The van der Waals surface area contributed by atoms with Gasteiger partial charge in [0.2, 0.25) is 0 Å². The zero-order chi connectivity index (χ0) is 50.1. The lowest BCUT2D eigenvalue weighted by Gasteiger charge is -2.46. The van der Waals surface area contributed by atoms with Gasteiger partial charge in [0.05, 0.1) is 43.9 Å². The molecule has 0 bridgehead atoms. The molecule has 0 spiro atoms. The highest BCUT2D eigenvalue weighted by Gasteiger charge is 2.52. The number of methoxy groups -OCH3 is 1. The summed E-state index contributed by atoms with van der Waals surface area (Å²) >= 11 is 0. The van der Waals surface area contributed by atoms with Crippen LogP contribution in [0.5, 0.6) is 5.75 Å². The number of rotatable bonds is 15. The third-order valence-corrected chi connectivity index (χ3v) is 15.8. The second kappa shape index (κ2) is 20.0. The summed E-state index contributed by atoms with van der Waals surface area (Å²) in [5.74, 6) is -48.5. The molecule has 7 aromatic rings. The van der Waals surface area contributed by atoms with Gasteiger partial charge in [-0.05, 0) is 41.0 Å². The third-order valence-electron chi connectivity index (χ3n) is 11.5. The molecule has 0 saturated heterocycles. The number of ether oxygens (including phenoxy) is 1. The molecule has 0 aliphatic heterocycles. The highest BCUT2D eigenvalue weighted by molar-refractivity contribution is 7.77. The Bertz CT molecular complexity index is 2760. The Morgan fingerprint density at radius 1 is 0.420 bits per heavy atom. The molecule has 0 aromatic heterocycles. The van der Waals surface area contributed by atoms with Crippen molar-refractivity contribution in [3.8, 4) is 5.75 Å². The normalized spacial score (nSPS) is 12.1. The van der Waals surface area contributed by atoms with E-state index in [0.717, 1.165) is 30.3 Å². The molecular weight excluding hydrogens is 959 g/mol. The van der Waals surface area contributed by atoms with Gasteiger partial charge in [0.1, 0.15) is 40.7 Å². The van der Waals surface area contributed by atoms with Crippen LogP contribution in [0.2, 0.25) is 0 Å². The summed E-state index contributed by atoms with van der Waals surface area (Å²) in [6.07, 6.45) is -5.25. The van der Waals surface area contributed by atoms with E-state index in [1.807, 2.05) is 0 Å². The lowest BCUT2D eigenvalue weighted by atomic mass is 9.27. The van der Waals surface area contributed by atoms with E-state index in [4.69, 9.17) is 9.39 Å². The zero-order valence-corrected chi connectivity index (χ0v) is 36.3. The number of halogens is 15. The summed E-state index contributed by atoms with van der Waals surface area (Å²) in [6, 6.07) is 30.1. The Hall–Kier alpha value is -6.94. The molecule has 356 valence electrons. The minimum atomic E-state index is -6.46. The molecule has 0 heterocycles. The predicted octanol–water partition coefficient (Wildman–Crippen LogP) is 12.9. The zero-order valence-electron chi connectivity index (χ0n) is 35.4. The largest absolute Gasteiger partial charge is 0.702 e. The highest BCUT2D eigenvalue weighted by Crippen LogP contribution is 2.72. The quantitative estimate of drug-likeness (QED) is 0.0194. The van der Waals surface area contributed by atoms with E-state index in [1.54, 1.807) is 91.0 Å². The molecule has 7 rings (SSSR count). The third kappa shape index (κ3) is 9.09. The van der Waals surface area contributed by atoms with E-state index in [1.165, 1.54) is 7.11 Å². The lowest BCUT2D eigenvalue weighted by Crippen LogP contribution is -2.74. The summed E-state index contributed by atoms with van der Waals surface area (Å²) in [4.78, 5) is 0. The van der Waals surface area contributed by atoms with Crippen molar-refractivity contribution in [2.24, 2.45) is 0 Å². The van der Waals surface area contributed by atoms with Crippen LogP contribution in [0.1, 0.15) is 22.3 Å². The Balaban J connectivity index is 1.70. The van der Waals surface area contributed by atoms with Gasteiger partial charge in [-0.3, -0.25) is 0 Å². The molecule has 0 N–H and O–H groups in total. The standard InChI is InChI=1S/C50H31BF15O2P/c1-26(69(23-27-12-6-3-7-13-27,24-28-14-8-4-9-15-28)25-29-16-10-5-11-17-29)22-32(30-18-20-31(67-2)21-19-30)68-51(33-36(52)42(58)48(64)43(59)37(33)53,34-38(54)44(60)49(65)45(61)39(34)55)35-40(56)46(62)50(66)47(63)41(35)57/h3-22H,1,23-25H2,2H3/b32-22+. The van der Waals surface area contributed by atoms with Crippen molar-refractivity contribution in [2.75, 3.05) is 7.11 Å². The van der Waals surface area contributed by atoms with Crippen LogP contribution in [0.25, 0.3) is 5.76 Å². The highest BCUT2D eigenvalue weighted by atomic mass is 31.2. The predicted molar refractivity (Wildman–Crippen MR) is 232 cm³/mol. The summed E-state index contributed by atoms with van der Waals surface area (Å²) < 4.78 is 249. The van der Waals surface area contributed by atoms with Gasteiger partial charge in [0, 0.05) is 11.6 Å². The minimum absolute atomic E-state index is 0.0204. The Kier molecular flexibility index (Phi) is 14.4. The lowest BCUT2D eigenvalue weighted by molar-refractivity contribution is 0.373. The van der Waals surface area contributed by atoms with Gasteiger partial charge < -0.3 is 9.39 Å². The molecule has 0 radical (unpaired) electrons. The van der Waals surface area contributed by atoms with E-state index < -0.39 is 129 Å². The Morgan fingerprint density at radius 3 is 0.971 bits per heavy atom. The Morgan fingerprint density at radius 2 is 0.696 bits per heavy atom. The van der Waals surface area contributed by atoms with Crippen LogP contribution in [-0.4, -0.2) is 13.5 Å². The smallest absolute Gasteiger partial charge is 0.266 e. The first-order valence-corrected chi connectivity index (χ1v) is 22.6. The van der Waals surface area contributed by atoms with Crippen molar-refractivity contribution in [3.05, 3.63) is 243 Å². The van der Waals surface area contributed by atoms with Crippen LogP contribution in [0.15, 0.2) is 133 Å². The van der Waals surface area contributed by atoms with Crippen LogP contribution >= 0.6 is 7.26 Å². The molecule has 19 heteroatoms. The monoisotopic (exact) mass is 990 g/mol. The fourth-order valence-electron chi connectivity index (χ4n) is 8.24. The van der Waals surface area contributed by atoms with Gasteiger partial charge in [0.15, 0.2) is 52.4 Å². The fourth-order valence-corrected chi connectivity index (χ4v) is 12.3. The van der Waals surface area contributed by atoms with Gasteiger partial charge in [-0.15, -0.1) is 0 Å². The van der Waals surface area contributed by atoms with Gasteiger partial charge in [-0.25, -0.2) is 65.9 Å². The molecular formula is C50H31BF15O2P. The maximum Gasteiger partial charge on any atom is 0.266 e. The molecule has 69 heavy (non-hydrogen) atoms. The first-order valence-electron chi connectivity index (χ1n) is 20.2. The van der Waals surface area contributed by atoms with E-state index in [9.17, 15) is 13.2 Å². The van der Waals surface area contributed by atoms with Crippen LogP contribution in [0, 0.1) is 87.3 Å². The molecule has 7 aromatic carbocycles. The molecule has 0 atom stereocenters. The number of allylic oxidation sites excluding steroid dienone is 2. The average molecular weight is 991 g/mol. The van der Waals surface area contributed by atoms with E-state index in [-0.39, 0.29) is 29.5 Å². The van der Waals surface area contributed by atoms with Crippen molar-refractivity contribution in [2.45, 2.75) is 18.5 Å². The van der Waals surface area contributed by atoms with Gasteiger partial charge in [-0.2, -0.15) is 0 Å². The minimum Gasteiger partial charge on any atom is -0.702 e. The second-order valence-corrected chi connectivity index (χ2v) is 19.5. The SMILES string of the molecule is C=C(/C=C(/O[B-](c1c(F)c(F)c(F)c(F)c1F)(c1c(F)c(F)c(F)c(F)c1F)c1c(F)c(F)c(F)c(F)c1F)c1ccc(OC)cc1)[P+](Cc1ccccc1)(Cc1ccccc1)Cc1ccccc1. The van der Waals surface area contributed by atoms with Crippen LogP contribution < -0.4 is 21.1 Å². The first-order chi connectivity index (χ1) is 32.8. The molecule has 0 aliphatic rings. The number of hydrogen-bond donors (Lipinski definition) is 0. The van der Waals surface area contributed by atoms with E-state index in [2.05, 4.69) is 6.58 Å². The second-order valence-electron chi connectivity index (χ2n) is 15.7. The van der Waals surface area contributed by atoms with Crippen LogP contribution in [0.3, 0.4) is 0 Å². The molecule has 0 unspecified atom stereocenters. The Labute approximate surface area is 384 Å². The maximum absolute atomic E-state index is 16.6. The topological polar surface area (TPSA) is 18.5 Å². The summed E-state index contributed by atoms with van der Waals surface area (Å²) in [5, 5.41) is -0.0539. The molecule has 0 fully saturated rings. The summed E-state index contributed by atoms with van der Waals surface area (Å²) in [7, 11) is -1.99. The number of hydrogen-bond acceptors (Lipinski definition) is 2. The van der Waals surface area contributed by atoms with E-state index in [0.29, 0.717) is 16.7 Å².